The maximum absolute atomic E-state index is 13.1. The molecule has 0 bridgehead atoms. The van der Waals surface area contributed by atoms with Crippen molar-refractivity contribution in [2.75, 3.05) is 0 Å². The van der Waals surface area contributed by atoms with Gasteiger partial charge >= 0.3 is 5.69 Å². The molecule has 0 spiro atoms. The Bertz CT molecular complexity index is 1230. The van der Waals surface area contributed by atoms with Crippen molar-refractivity contribution in [2.24, 2.45) is 7.05 Å². The van der Waals surface area contributed by atoms with Gasteiger partial charge in [0, 0.05) is 31.2 Å². The summed E-state index contributed by atoms with van der Waals surface area (Å²) in [6, 6.07) is 20.7. The monoisotopic (exact) mass is 403 g/mol. The molecule has 0 aliphatic heterocycles. The molecule has 29 heavy (non-hydrogen) atoms. The molecular formula is C23H18ClN3O2. The SMILES string of the molecule is Cn1c(=O)c(-c2cncc(Cl)c2)cn(C(c2ccccc2)c2ccccc2)c1=O. The van der Waals surface area contributed by atoms with Crippen LogP contribution in [0.25, 0.3) is 11.1 Å². The van der Waals surface area contributed by atoms with E-state index in [0.29, 0.717) is 16.1 Å². The average molecular weight is 404 g/mol. The highest BCUT2D eigenvalue weighted by Crippen LogP contribution is 2.26. The van der Waals surface area contributed by atoms with Crippen molar-refractivity contribution >= 4 is 11.6 Å². The molecule has 0 aliphatic carbocycles. The van der Waals surface area contributed by atoms with Gasteiger partial charge in [0.2, 0.25) is 0 Å². The number of hydrogen-bond acceptors (Lipinski definition) is 3. The molecule has 2 heterocycles. The molecule has 0 saturated carbocycles. The average Bonchev–Trinajstić information content (AvgIpc) is 2.75. The summed E-state index contributed by atoms with van der Waals surface area (Å²) in [4.78, 5) is 30.0. The Morgan fingerprint density at radius 2 is 1.48 bits per heavy atom. The van der Waals surface area contributed by atoms with E-state index >= 15 is 0 Å². The lowest BCUT2D eigenvalue weighted by atomic mass is 9.98. The van der Waals surface area contributed by atoms with Gasteiger partial charge in [-0.25, -0.2) is 4.79 Å². The lowest BCUT2D eigenvalue weighted by molar-refractivity contribution is 0.586. The maximum atomic E-state index is 13.1. The van der Waals surface area contributed by atoms with E-state index in [0.717, 1.165) is 15.7 Å². The van der Waals surface area contributed by atoms with Crippen molar-refractivity contribution in [3.05, 3.63) is 122 Å². The lowest BCUT2D eigenvalue weighted by Crippen LogP contribution is -2.40. The number of rotatable bonds is 4. The van der Waals surface area contributed by atoms with Crippen LogP contribution in [0.15, 0.2) is 94.9 Å². The first-order chi connectivity index (χ1) is 14.1. The summed E-state index contributed by atoms with van der Waals surface area (Å²) >= 11 is 6.07. The quantitative estimate of drug-likeness (QED) is 0.519. The molecule has 4 rings (SSSR count). The lowest BCUT2D eigenvalue weighted by Gasteiger charge is -2.22. The van der Waals surface area contributed by atoms with Gasteiger partial charge in [0.15, 0.2) is 0 Å². The van der Waals surface area contributed by atoms with Gasteiger partial charge in [0.25, 0.3) is 5.56 Å². The molecule has 0 amide bonds. The summed E-state index contributed by atoms with van der Waals surface area (Å²) in [7, 11) is 1.48. The minimum atomic E-state index is -0.397. The van der Waals surface area contributed by atoms with E-state index in [1.807, 2.05) is 60.7 Å². The Labute approximate surface area is 172 Å². The molecule has 4 aromatic rings. The van der Waals surface area contributed by atoms with Crippen LogP contribution in [0, 0.1) is 0 Å². The van der Waals surface area contributed by atoms with Crippen LogP contribution in [0.2, 0.25) is 5.02 Å². The van der Waals surface area contributed by atoms with Crippen LogP contribution >= 0.6 is 11.6 Å². The van der Waals surface area contributed by atoms with Gasteiger partial charge in [-0.1, -0.05) is 72.3 Å². The molecule has 0 saturated heterocycles. The minimum Gasteiger partial charge on any atom is -0.288 e. The molecule has 2 aromatic heterocycles. The third kappa shape index (κ3) is 3.65. The van der Waals surface area contributed by atoms with Crippen molar-refractivity contribution < 1.29 is 0 Å². The Balaban J connectivity index is 2.01. The first-order valence-corrected chi connectivity index (χ1v) is 9.47. The number of halogens is 1. The molecule has 0 aliphatic rings. The number of hydrogen-bond donors (Lipinski definition) is 0. The third-order valence-corrected chi connectivity index (χ3v) is 5.04. The second kappa shape index (κ2) is 7.89. The van der Waals surface area contributed by atoms with E-state index in [1.54, 1.807) is 23.0 Å². The highest BCUT2D eigenvalue weighted by Gasteiger charge is 2.21. The Hall–Kier alpha value is -3.44. The minimum absolute atomic E-state index is 0.360. The number of benzene rings is 2. The zero-order chi connectivity index (χ0) is 20.4. The summed E-state index contributed by atoms with van der Waals surface area (Å²) in [5.41, 5.74) is 2.01. The third-order valence-electron chi connectivity index (χ3n) is 4.84. The molecule has 144 valence electrons. The van der Waals surface area contributed by atoms with Crippen molar-refractivity contribution in [3.8, 4) is 11.1 Å². The van der Waals surface area contributed by atoms with Crippen molar-refractivity contribution in [3.63, 3.8) is 0 Å². The zero-order valence-corrected chi connectivity index (χ0v) is 16.5. The van der Waals surface area contributed by atoms with Gasteiger partial charge in [-0.2, -0.15) is 0 Å². The van der Waals surface area contributed by atoms with E-state index in [4.69, 9.17) is 11.6 Å². The van der Waals surface area contributed by atoms with Gasteiger partial charge < -0.3 is 0 Å². The van der Waals surface area contributed by atoms with Crippen LogP contribution in [0.1, 0.15) is 17.2 Å². The molecular weight excluding hydrogens is 386 g/mol. The molecule has 2 aromatic carbocycles. The van der Waals surface area contributed by atoms with Gasteiger partial charge in [-0.3, -0.25) is 18.9 Å². The normalized spacial score (nSPS) is 11.0. The van der Waals surface area contributed by atoms with Gasteiger partial charge in [0.1, 0.15) is 0 Å². The summed E-state index contributed by atoms with van der Waals surface area (Å²) in [5, 5.41) is 0.421. The van der Waals surface area contributed by atoms with Gasteiger partial charge in [0.05, 0.1) is 16.6 Å². The van der Waals surface area contributed by atoms with Crippen LogP contribution < -0.4 is 11.2 Å². The first-order valence-electron chi connectivity index (χ1n) is 9.09. The largest absolute Gasteiger partial charge is 0.331 e. The van der Waals surface area contributed by atoms with Crippen LogP contribution in [-0.4, -0.2) is 14.1 Å². The van der Waals surface area contributed by atoms with Crippen molar-refractivity contribution in [2.45, 2.75) is 6.04 Å². The van der Waals surface area contributed by atoms with Gasteiger partial charge in [-0.05, 0) is 17.2 Å². The van der Waals surface area contributed by atoms with E-state index in [-0.39, 0.29) is 6.04 Å². The summed E-state index contributed by atoms with van der Waals surface area (Å²) in [6.07, 6.45) is 4.67. The van der Waals surface area contributed by atoms with Gasteiger partial charge in [-0.15, -0.1) is 0 Å². The summed E-state index contributed by atoms with van der Waals surface area (Å²) in [6.45, 7) is 0. The van der Waals surface area contributed by atoms with E-state index < -0.39 is 11.2 Å². The van der Waals surface area contributed by atoms with Crippen LogP contribution in [0.5, 0.6) is 0 Å². The molecule has 0 fully saturated rings. The molecule has 0 unspecified atom stereocenters. The van der Waals surface area contributed by atoms with Crippen LogP contribution in [0.3, 0.4) is 0 Å². The standard InChI is InChI=1S/C23H18ClN3O2/c1-26-22(28)20(18-12-19(24)14-25-13-18)15-27(23(26)29)21(16-8-4-2-5-9-16)17-10-6-3-7-11-17/h2-15,21H,1H3. The second-order valence-electron chi connectivity index (χ2n) is 6.71. The Morgan fingerprint density at radius 3 is 2.03 bits per heavy atom. The molecule has 0 radical (unpaired) electrons. The predicted molar refractivity (Wildman–Crippen MR) is 114 cm³/mol. The summed E-state index contributed by atoms with van der Waals surface area (Å²) < 4.78 is 2.71. The fraction of sp³-hybridized carbons (Fsp3) is 0.0870. The molecule has 6 heteroatoms. The number of nitrogens with zero attached hydrogens (tertiary/aromatic N) is 3. The van der Waals surface area contributed by atoms with E-state index in [1.165, 1.54) is 13.2 Å². The number of pyridine rings is 1. The molecule has 0 N–H and O–H groups in total. The van der Waals surface area contributed by atoms with E-state index in [2.05, 4.69) is 4.98 Å². The fourth-order valence-corrected chi connectivity index (χ4v) is 3.59. The maximum Gasteiger partial charge on any atom is 0.331 e. The molecule has 0 atom stereocenters. The first kappa shape index (κ1) is 18.9. The predicted octanol–water partition coefficient (Wildman–Crippen LogP) is 3.90. The Kier molecular flexibility index (Phi) is 5.14. The molecule has 5 nitrogen and oxygen atoms in total. The summed E-state index contributed by atoms with van der Waals surface area (Å²) in [5.74, 6) is 0. The smallest absolute Gasteiger partial charge is 0.288 e. The van der Waals surface area contributed by atoms with Crippen molar-refractivity contribution in [1.29, 1.82) is 0 Å². The topological polar surface area (TPSA) is 56.9 Å². The number of aromatic nitrogens is 3. The van der Waals surface area contributed by atoms with Crippen molar-refractivity contribution in [1.82, 2.24) is 14.1 Å². The fourth-order valence-electron chi connectivity index (χ4n) is 3.42. The van der Waals surface area contributed by atoms with Crippen LogP contribution in [0.4, 0.5) is 0 Å². The zero-order valence-electron chi connectivity index (χ0n) is 15.7. The second-order valence-corrected chi connectivity index (χ2v) is 7.15. The highest BCUT2D eigenvalue weighted by molar-refractivity contribution is 6.30. The van der Waals surface area contributed by atoms with Crippen LogP contribution in [-0.2, 0) is 7.05 Å². The Morgan fingerprint density at radius 1 is 0.897 bits per heavy atom. The highest BCUT2D eigenvalue weighted by atomic mass is 35.5. The van der Waals surface area contributed by atoms with E-state index in [9.17, 15) is 9.59 Å².